The Morgan fingerprint density at radius 2 is 2.12 bits per heavy atom. The Bertz CT molecular complexity index is 589. The van der Waals surface area contributed by atoms with Crippen LogP contribution in [0.15, 0.2) is 27.1 Å². The van der Waals surface area contributed by atoms with Gasteiger partial charge in [-0.2, -0.15) is 0 Å². The lowest BCUT2D eigenvalue weighted by Gasteiger charge is -2.02. The molecule has 0 spiro atoms. The van der Waals surface area contributed by atoms with E-state index >= 15 is 0 Å². The molecule has 0 bridgehead atoms. The van der Waals surface area contributed by atoms with Crippen LogP contribution >= 0.6 is 15.9 Å². The highest BCUT2D eigenvalue weighted by atomic mass is 79.9. The summed E-state index contributed by atoms with van der Waals surface area (Å²) in [7, 11) is 0. The lowest BCUT2D eigenvalue weighted by Crippen LogP contribution is -1.95. The molecule has 0 aliphatic rings. The number of nitrogens with zero attached hydrogens (tertiary/aromatic N) is 1. The van der Waals surface area contributed by atoms with Gasteiger partial charge in [-0.05, 0) is 31.5 Å². The Balaban J connectivity index is 2.58. The highest BCUT2D eigenvalue weighted by Crippen LogP contribution is 2.29. The minimum absolute atomic E-state index is 0.112. The van der Waals surface area contributed by atoms with E-state index in [1.165, 1.54) is 0 Å². The smallest absolute Gasteiger partial charge is 0.373 e. The Labute approximate surface area is 106 Å². The van der Waals surface area contributed by atoms with Crippen LogP contribution in [0.2, 0.25) is 0 Å². The molecule has 5 heteroatoms. The fourth-order valence-electron chi connectivity index (χ4n) is 1.55. The molecule has 0 atom stereocenters. The average molecular weight is 296 g/mol. The predicted molar refractivity (Wildman–Crippen MR) is 66.1 cm³/mol. The topological polar surface area (TPSA) is 63.3 Å². The number of halogens is 1. The van der Waals surface area contributed by atoms with E-state index in [4.69, 9.17) is 9.52 Å². The largest absolute Gasteiger partial charge is 0.475 e. The maximum Gasteiger partial charge on any atom is 0.373 e. The number of aromatic nitrogens is 1. The summed E-state index contributed by atoms with van der Waals surface area (Å²) in [6.45, 7) is 3.53. The van der Waals surface area contributed by atoms with E-state index in [-0.39, 0.29) is 5.76 Å². The van der Waals surface area contributed by atoms with Crippen LogP contribution in [0.5, 0.6) is 0 Å². The minimum Gasteiger partial charge on any atom is -0.475 e. The Morgan fingerprint density at radius 3 is 2.71 bits per heavy atom. The SMILES string of the molecule is Cc1nc(-c2cccc(Br)c2C)oc1C(=O)O. The van der Waals surface area contributed by atoms with Crippen molar-refractivity contribution in [3.05, 3.63) is 39.7 Å². The third-order valence-corrected chi connectivity index (χ3v) is 3.35. The second-order valence-electron chi connectivity index (χ2n) is 3.65. The van der Waals surface area contributed by atoms with Crippen LogP contribution in [0.3, 0.4) is 0 Å². The number of hydrogen-bond donors (Lipinski definition) is 1. The predicted octanol–water partition coefficient (Wildman–Crippen LogP) is 3.42. The zero-order valence-electron chi connectivity index (χ0n) is 9.32. The van der Waals surface area contributed by atoms with Gasteiger partial charge in [0.1, 0.15) is 0 Å². The molecular weight excluding hydrogens is 286 g/mol. The minimum atomic E-state index is -1.10. The number of hydrogen-bond acceptors (Lipinski definition) is 3. The van der Waals surface area contributed by atoms with Crippen LogP contribution in [0.25, 0.3) is 11.5 Å². The van der Waals surface area contributed by atoms with E-state index in [1.807, 2.05) is 25.1 Å². The number of benzene rings is 1. The Hall–Kier alpha value is -1.62. The van der Waals surface area contributed by atoms with Crippen LogP contribution in [-0.4, -0.2) is 16.1 Å². The lowest BCUT2D eigenvalue weighted by molar-refractivity contribution is 0.0662. The molecule has 0 fully saturated rings. The first kappa shape index (κ1) is 11.9. The quantitative estimate of drug-likeness (QED) is 0.922. The molecule has 1 N–H and O–H groups in total. The van der Waals surface area contributed by atoms with Crippen molar-refractivity contribution in [1.82, 2.24) is 4.98 Å². The van der Waals surface area contributed by atoms with E-state index in [1.54, 1.807) is 6.92 Å². The normalized spacial score (nSPS) is 10.5. The first-order valence-electron chi connectivity index (χ1n) is 4.97. The highest BCUT2D eigenvalue weighted by Gasteiger charge is 2.18. The molecule has 1 aromatic carbocycles. The number of aryl methyl sites for hydroxylation is 1. The van der Waals surface area contributed by atoms with Crippen LogP contribution < -0.4 is 0 Å². The van der Waals surface area contributed by atoms with Gasteiger partial charge in [0.2, 0.25) is 11.7 Å². The van der Waals surface area contributed by atoms with Gasteiger partial charge in [-0.1, -0.05) is 22.0 Å². The summed E-state index contributed by atoms with van der Waals surface area (Å²) >= 11 is 3.41. The first-order chi connectivity index (χ1) is 8.00. The summed E-state index contributed by atoms with van der Waals surface area (Å²) in [5, 5.41) is 8.91. The summed E-state index contributed by atoms with van der Waals surface area (Å²) in [5.74, 6) is -0.882. The fourth-order valence-corrected chi connectivity index (χ4v) is 1.92. The number of carboxylic acids is 1. The number of carboxylic acid groups (broad SMARTS) is 1. The van der Waals surface area contributed by atoms with Gasteiger partial charge < -0.3 is 9.52 Å². The summed E-state index contributed by atoms with van der Waals surface area (Å²) in [6, 6.07) is 5.61. The summed E-state index contributed by atoms with van der Waals surface area (Å²) in [5.41, 5.74) is 2.13. The van der Waals surface area contributed by atoms with Gasteiger partial charge in [0.25, 0.3) is 0 Å². The van der Waals surface area contributed by atoms with Gasteiger partial charge in [0.15, 0.2) is 0 Å². The third kappa shape index (κ3) is 2.10. The molecule has 2 aromatic rings. The van der Waals surface area contributed by atoms with E-state index in [9.17, 15) is 4.79 Å². The Morgan fingerprint density at radius 1 is 1.41 bits per heavy atom. The summed E-state index contributed by atoms with van der Waals surface area (Å²) in [4.78, 5) is 15.0. The van der Waals surface area contributed by atoms with Gasteiger partial charge in [-0.25, -0.2) is 9.78 Å². The molecule has 0 radical (unpaired) electrons. The van der Waals surface area contributed by atoms with E-state index in [0.29, 0.717) is 11.6 Å². The molecule has 0 aliphatic carbocycles. The molecule has 0 unspecified atom stereocenters. The van der Waals surface area contributed by atoms with Crippen LogP contribution in [0.1, 0.15) is 21.8 Å². The molecule has 1 aromatic heterocycles. The summed E-state index contributed by atoms with van der Waals surface area (Å²) in [6.07, 6.45) is 0. The van der Waals surface area contributed by atoms with E-state index in [2.05, 4.69) is 20.9 Å². The molecule has 88 valence electrons. The van der Waals surface area contributed by atoms with Crippen LogP contribution in [-0.2, 0) is 0 Å². The monoisotopic (exact) mass is 295 g/mol. The molecule has 0 aliphatic heterocycles. The van der Waals surface area contributed by atoms with Crippen molar-refractivity contribution in [2.75, 3.05) is 0 Å². The molecule has 0 saturated carbocycles. The van der Waals surface area contributed by atoms with Gasteiger partial charge >= 0.3 is 5.97 Å². The van der Waals surface area contributed by atoms with Gasteiger partial charge in [-0.15, -0.1) is 0 Å². The van der Waals surface area contributed by atoms with Gasteiger partial charge in [0, 0.05) is 10.0 Å². The highest BCUT2D eigenvalue weighted by molar-refractivity contribution is 9.10. The van der Waals surface area contributed by atoms with E-state index in [0.717, 1.165) is 15.6 Å². The van der Waals surface area contributed by atoms with Gasteiger partial charge in [0.05, 0.1) is 5.69 Å². The molecule has 17 heavy (non-hydrogen) atoms. The first-order valence-corrected chi connectivity index (χ1v) is 5.76. The molecule has 1 heterocycles. The number of rotatable bonds is 2. The maximum atomic E-state index is 10.9. The fraction of sp³-hybridized carbons (Fsp3) is 0.167. The molecule has 4 nitrogen and oxygen atoms in total. The van der Waals surface area contributed by atoms with Crippen molar-refractivity contribution < 1.29 is 14.3 Å². The molecule has 2 rings (SSSR count). The van der Waals surface area contributed by atoms with E-state index < -0.39 is 5.97 Å². The maximum absolute atomic E-state index is 10.9. The standard InChI is InChI=1S/C12H10BrNO3/c1-6-8(4-3-5-9(6)13)11-14-7(2)10(17-11)12(15)16/h3-5H,1-2H3,(H,15,16). The third-order valence-electron chi connectivity index (χ3n) is 2.49. The second kappa shape index (κ2) is 4.33. The lowest BCUT2D eigenvalue weighted by atomic mass is 10.1. The van der Waals surface area contributed by atoms with Gasteiger partial charge in [-0.3, -0.25) is 0 Å². The van der Waals surface area contributed by atoms with Crippen molar-refractivity contribution in [1.29, 1.82) is 0 Å². The van der Waals surface area contributed by atoms with Crippen molar-refractivity contribution in [3.8, 4) is 11.5 Å². The molecular formula is C12H10BrNO3. The number of aromatic carboxylic acids is 1. The van der Waals surface area contributed by atoms with Crippen molar-refractivity contribution >= 4 is 21.9 Å². The van der Waals surface area contributed by atoms with Crippen LogP contribution in [0.4, 0.5) is 0 Å². The van der Waals surface area contributed by atoms with Crippen LogP contribution in [0, 0.1) is 13.8 Å². The Kier molecular flexibility index (Phi) is 3.02. The zero-order valence-corrected chi connectivity index (χ0v) is 10.9. The van der Waals surface area contributed by atoms with Crippen molar-refractivity contribution in [3.63, 3.8) is 0 Å². The summed E-state index contributed by atoms with van der Waals surface area (Å²) < 4.78 is 6.20. The van der Waals surface area contributed by atoms with Crippen molar-refractivity contribution in [2.24, 2.45) is 0 Å². The average Bonchev–Trinajstić information content (AvgIpc) is 2.64. The van der Waals surface area contributed by atoms with Crippen molar-refractivity contribution in [2.45, 2.75) is 13.8 Å². The number of oxazole rings is 1. The number of carbonyl (C=O) groups is 1. The zero-order chi connectivity index (χ0) is 12.6. The molecule has 0 amide bonds. The second-order valence-corrected chi connectivity index (χ2v) is 4.51. The molecule has 0 saturated heterocycles.